The standard InChI is InChI=1S/C15H22N2O2/c1-3-13(15(18)17-10-8-16-9-11-17)19-14-7-5-4-6-12(14)2/h4-7,13,16H,3,8-11H2,1-2H3. The van der Waals surface area contributed by atoms with Gasteiger partial charge in [-0.2, -0.15) is 0 Å². The average Bonchev–Trinajstić information content (AvgIpc) is 2.47. The van der Waals surface area contributed by atoms with Crippen LogP contribution in [-0.2, 0) is 4.79 Å². The molecule has 19 heavy (non-hydrogen) atoms. The van der Waals surface area contributed by atoms with E-state index in [4.69, 9.17) is 4.74 Å². The predicted molar refractivity (Wildman–Crippen MR) is 75.3 cm³/mol. The van der Waals surface area contributed by atoms with E-state index in [0.29, 0.717) is 6.42 Å². The second-order valence-corrected chi connectivity index (χ2v) is 4.86. The quantitative estimate of drug-likeness (QED) is 0.896. The molecule has 1 saturated heterocycles. The van der Waals surface area contributed by atoms with Gasteiger partial charge in [0, 0.05) is 26.2 Å². The maximum Gasteiger partial charge on any atom is 0.263 e. The smallest absolute Gasteiger partial charge is 0.263 e. The molecule has 2 rings (SSSR count). The number of amides is 1. The minimum absolute atomic E-state index is 0.104. The van der Waals surface area contributed by atoms with Crippen molar-refractivity contribution in [3.63, 3.8) is 0 Å². The van der Waals surface area contributed by atoms with Gasteiger partial charge in [-0.25, -0.2) is 0 Å². The Balaban J connectivity index is 2.03. The Morgan fingerprint density at radius 1 is 1.37 bits per heavy atom. The molecule has 1 aliphatic heterocycles. The van der Waals surface area contributed by atoms with Crippen molar-refractivity contribution in [1.29, 1.82) is 0 Å². The minimum atomic E-state index is -0.376. The van der Waals surface area contributed by atoms with E-state index in [1.807, 2.05) is 43.0 Å². The lowest BCUT2D eigenvalue weighted by Gasteiger charge is -2.30. The molecule has 1 amide bonds. The Bertz CT molecular complexity index is 428. The van der Waals surface area contributed by atoms with Gasteiger partial charge in [-0.15, -0.1) is 0 Å². The van der Waals surface area contributed by atoms with Crippen LogP contribution in [0.1, 0.15) is 18.9 Å². The van der Waals surface area contributed by atoms with Crippen molar-refractivity contribution in [3.05, 3.63) is 29.8 Å². The summed E-state index contributed by atoms with van der Waals surface area (Å²) in [6.45, 7) is 7.26. The van der Waals surface area contributed by atoms with Crippen molar-refractivity contribution in [1.82, 2.24) is 10.2 Å². The fraction of sp³-hybridized carbons (Fsp3) is 0.533. The van der Waals surface area contributed by atoms with Crippen LogP contribution >= 0.6 is 0 Å². The highest BCUT2D eigenvalue weighted by molar-refractivity contribution is 5.81. The molecule has 0 spiro atoms. The van der Waals surface area contributed by atoms with Gasteiger partial charge in [0.1, 0.15) is 5.75 Å². The van der Waals surface area contributed by atoms with Crippen LogP contribution in [-0.4, -0.2) is 43.1 Å². The van der Waals surface area contributed by atoms with Crippen LogP contribution in [0.5, 0.6) is 5.75 Å². The molecule has 4 nitrogen and oxygen atoms in total. The third kappa shape index (κ3) is 3.47. The number of nitrogens with one attached hydrogen (secondary N) is 1. The van der Waals surface area contributed by atoms with Crippen LogP contribution in [0.4, 0.5) is 0 Å². The minimum Gasteiger partial charge on any atom is -0.480 e. The molecule has 1 heterocycles. The molecule has 104 valence electrons. The number of carbonyl (C=O) groups is 1. The largest absolute Gasteiger partial charge is 0.480 e. The van der Waals surface area contributed by atoms with Crippen LogP contribution in [0.2, 0.25) is 0 Å². The van der Waals surface area contributed by atoms with E-state index < -0.39 is 0 Å². The summed E-state index contributed by atoms with van der Waals surface area (Å²) in [5.41, 5.74) is 1.06. The highest BCUT2D eigenvalue weighted by Crippen LogP contribution is 2.19. The molecule has 1 unspecified atom stereocenters. The van der Waals surface area contributed by atoms with Crippen molar-refractivity contribution >= 4 is 5.91 Å². The van der Waals surface area contributed by atoms with Gasteiger partial charge in [0.25, 0.3) is 5.91 Å². The first-order chi connectivity index (χ1) is 9.22. The van der Waals surface area contributed by atoms with Crippen molar-refractivity contribution < 1.29 is 9.53 Å². The number of ether oxygens (including phenoxy) is 1. The zero-order chi connectivity index (χ0) is 13.7. The summed E-state index contributed by atoms with van der Waals surface area (Å²) in [5, 5.41) is 3.25. The summed E-state index contributed by atoms with van der Waals surface area (Å²) in [4.78, 5) is 14.3. The van der Waals surface area contributed by atoms with Gasteiger partial charge in [-0.1, -0.05) is 25.1 Å². The van der Waals surface area contributed by atoms with E-state index in [2.05, 4.69) is 5.32 Å². The van der Waals surface area contributed by atoms with Gasteiger partial charge < -0.3 is 15.0 Å². The van der Waals surface area contributed by atoms with Gasteiger partial charge in [0.15, 0.2) is 6.10 Å². The van der Waals surface area contributed by atoms with E-state index >= 15 is 0 Å². The van der Waals surface area contributed by atoms with Gasteiger partial charge in [0.05, 0.1) is 0 Å². The molecule has 1 aromatic rings. The van der Waals surface area contributed by atoms with E-state index in [1.54, 1.807) is 0 Å². The number of rotatable bonds is 4. The third-order valence-corrected chi connectivity index (χ3v) is 3.44. The third-order valence-electron chi connectivity index (χ3n) is 3.44. The number of benzene rings is 1. The number of hydrogen-bond acceptors (Lipinski definition) is 3. The molecule has 0 aliphatic carbocycles. The Hall–Kier alpha value is -1.55. The molecule has 4 heteroatoms. The van der Waals surface area contributed by atoms with E-state index in [9.17, 15) is 4.79 Å². The number of aryl methyl sites for hydroxylation is 1. The molecule has 0 radical (unpaired) electrons. The Labute approximate surface area is 114 Å². The normalized spacial score (nSPS) is 17.1. The first-order valence-corrected chi connectivity index (χ1v) is 6.94. The van der Waals surface area contributed by atoms with Crippen LogP contribution in [0.3, 0.4) is 0 Å². The highest BCUT2D eigenvalue weighted by atomic mass is 16.5. The lowest BCUT2D eigenvalue weighted by Crippen LogP contribution is -2.50. The summed E-state index contributed by atoms with van der Waals surface area (Å²) in [5.74, 6) is 0.907. The van der Waals surface area contributed by atoms with E-state index in [-0.39, 0.29) is 12.0 Å². The van der Waals surface area contributed by atoms with Crippen LogP contribution in [0.25, 0.3) is 0 Å². The van der Waals surface area contributed by atoms with Gasteiger partial charge in [-0.3, -0.25) is 4.79 Å². The molecule has 1 atom stereocenters. The van der Waals surface area contributed by atoms with Crippen LogP contribution in [0, 0.1) is 6.92 Å². The molecule has 1 aromatic carbocycles. The van der Waals surface area contributed by atoms with Gasteiger partial charge in [-0.05, 0) is 25.0 Å². The molecule has 1 N–H and O–H groups in total. The van der Waals surface area contributed by atoms with Gasteiger partial charge >= 0.3 is 0 Å². The Kier molecular flexibility index (Phi) is 4.80. The van der Waals surface area contributed by atoms with Crippen molar-refractivity contribution in [2.75, 3.05) is 26.2 Å². The molecular weight excluding hydrogens is 240 g/mol. The summed E-state index contributed by atoms with van der Waals surface area (Å²) in [6.07, 6.45) is 0.316. The molecule has 1 fully saturated rings. The van der Waals surface area contributed by atoms with Crippen LogP contribution in [0.15, 0.2) is 24.3 Å². The summed E-state index contributed by atoms with van der Waals surface area (Å²) < 4.78 is 5.90. The second kappa shape index (κ2) is 6.57. The van der Waals surface area contributed by atoms with E-state index in [1.165, 1.54) is 0 Å². The number of carbonyl (C=O) groups excluding carboxylic acids is 1. The lowest BCUT2D eigenvalue weighted by atomic mass is 10.2. The zero-order valence-corrected chi connectivity index (χ0v) is 11.7. The highest BCUT2D eigenvalue weighted by Gasteiger charge is 2.25. The fourth-order valence-corrected chi connectivity index (χ4v) is 2.24. The predicted octanol–water partition coefficient (Wildman–Crippen LogP) is 1.58. The monoisotopic (exact) mass is 262 g/mol. The van der Waals surface area contributed by atoms with Crippen molar-refractivity contribution in [2.45, 2.75) is 26.4 Å². The summed E-state index contributed by atoms with van der Waals surface area (Å²) >= 11 is 0. The SMILES string of the molecule is CCC(Oc1ccccc1C)C(=O)N1CCNCC1. The number of nitrogens with zero attached hydrogens (tertiary/aromatic N) is 1. The lowest BCUT2D eigenvalue weighted by molar-refractivity contribution is -0.139. The number of para-hydroxylation sites is 1. The summed E-state index contributed by atoms with van der Waals surface area (Å²) in [7, 11) is 0. The maximum atomic E-state index is 12.4. The van der Waals surface area contributed by atoms with E-state index in [0.717, 1.165) is 37.5 Å². The zero-order valence-electron chi connectivity index (χ0n) is 11.7. The topological polar surface area (TPSA) is 41.6 Å². The fourth-order valence-electron chi connectivity index (χ4n) is 2.24. The first-order valence-electron chi connectivity index (χ1n) is 6.94. The second-order valence-electron chi connectivity index (χ2n) is 4.86. The molecule has 0 saturated carbocycles. The van der Waals surface area contributed by atoms with Gasteiger partial charge in [0.2, 0.25) is 0 Å². The molecule has 0 bridgehead atoms. The van der Waals surface area contributed by atoms with Crippen molar-refractivity contribution in [2.24, 2.45) is 0 Å². The number of hydrogen-bond donors (Lipinski definition) is 1. The maximum absolute atomic E-state index is 12.4. The average molecular weight is 262 g/mol. The van der Waals surface area contributed by atoms with Crippen LogP contribution < -0.4 is 10.1 Å². The molecule has 0 aromatic heterocycles. The van der Waals surface area contributed by atoms with Crippen molar-refractivity contribution in [3.8, 4) is 5.75 Å². The molecule has 1 aliphatic rings. The summed E-state index contributed by atoms with van der Waals surface area (Å²) in [6, 6.07) is 7.83. The Morgan fingerprint density at radius 2 is 2.05 bits per heavy atom. The molecular formula is C15H22N2O2. The first kappa shape index (κ1) is 13.9. The number of piperazine rings is 1. The Morgan fingerprint density at radius 3 is 2.68 bits per heavy atom.